The van der Waals surface area contributed by atoms with Gasteiger partial charge in [-0.25, -0.2) is 4.57 Å². The van der Waals surface area contributed by atoms with E-state index in [-0.39, 0.29) is 25.9 Å². The molecule has 12 heteroatoms. The molecule has 0 aliphatic rings. The first kappa shape index (κ1) is 74.4. The number of carbonyl (C=O) groups excluding carboxylic acids is 3. The summed E-state index contributed by atoms with van der Waals surface area (Å²) in [6.07, 6.45) is 70.9. The lowest BCUT2D eigenvalue weighted by molar-refractivity contribution is -0.161. The van der Waals surface area contributed by atoms with Crippen molar-refractivity contribution in [1.29, 1.82) is 0 Å². The van der Waals surface area contributed by atoms with Crippen molar-refractivity contribution in [3.8, 4) is 0 Å². The van der Waals surface area contributed by atoms with E-state index in [2.05, 4.69) is 106 Å². The lowest BCUT2D eigenvalue weighted by Gasteiger charge is -2.21. The van der Waals surface area contributed by atoms with E-state index in [4.69, 9.17) is 23.3 Å². The number of aliphatic hydroxyl groups is 1. The molecular weight excluding hydrogens is 1000 g/mol. The van der Waals surface area contributed by atoms with Gasteiger partial charge in [-0.3, -0.25) is 23.4 Å². The van der Waals surface area contributed by atoms with Gasteiger partial charge in [-0.1, -0.05) is 253 Å². The average Bonchev–Trinajstić information content (AvgIpc) is 3.43. The number of esters is 3. The van der Waals surface area contributed by atoms with Crippen molar-refractivity contribution in [3.05, 3.63) is 97.2 Å². The van der Waals surface area contributed by atoms with Crippen LogP contribution in [0.4, 0.5) is 0 Å². The molecule has 2 N–H and O–H groups in total. The molecule has 0 aliphatic carbocycles. The first-order valence-corrected chi connectivity index (χ1v) is 32.6. The summed E-state index contributed by atoms with van der Waals surface area (Å²) < 4.78 is 39.5. The van der Waals surface area contributed by atoms with Crippen LogP contribution in [0.5, 0.6) is 0 Å². The molecule has 3 atom stereocenters. The minimum atomic E-state index is -4.77. The molecule has 448 valence electrons. The van der Waals surface area contributed by atoms with Crippen molar-refractivity contribution in [2.75, 3.05) is 26.4 Å². The molecule has 0 saturated heterocycles. The molecule has 0 saturated carbocycles. The number of phosphoric acid groups is 1. The van der Waals surface area contributed by atoms with Crippen LogP contribution in [0, 0.1) is 0 Å². The van der Waals surface area contributed by atoms with Crippen molar-refractivity contribution >= 4 is 25.7 Å². The Hall–Kier alpha value is -3.60. The molecule has 0 spiro atoms. The Morgan fingerprint density at radius 2 is 0.692 bits per heavy atom. The van der Waals surface area contributed by atoms with Crippen molar-refractivity contribution in [1.82, 2.24) is 0 Å². The molecule has 0 amide bonds. The fourth-order valence-corrected chi connectivity index (χ4v) is 9.08. The Morgan fingerprint density at radius 1 is 0.372 bits per heavy atom. The summed E-state index contributed by atoms with van der Waals surface area (Å²) in [5.41, 5.74) is 0. The van der Waals surface area contributed by atoms with Crippen molar-refractivity contribution in [2.45, 2.75) is 277 Å². The molecule has 0 rings (SSSR count). The molecule has 0 heterocycles. The van der Waals surface area contributed by atoms with Crippen LogP contribution in [0.2, 0.25) is 0 Å². The lowest BCUT2D eigenvalue weighted by atomic mass is 10.0. The van der Waals surface area contributed by atoms with E-state index in [0.717, 1.165) is 96.3 Å². The third kappa shape index (κ3) is 57.1. The number of carbonyl (C=O) groups is 3. The summed E-state index contributed by atoms with van der Waals surface area (Å²) in [7, 11) is -4.77. The summed E-state index contributed by atoms with van der Waals surface area (Å²) in [6, 6.07) is 0. The minimum Gasteiger partial charge on any atom is -0.462 e. The summed E-state index contributed by atoms with van der Waals surface area (Å²) in [5.74, 6) is -1.57. The molecule has 78 heavy (non-hydrogen) atoms. The summed E-state index contributed by atoms with van der Waals surface area (Å²) in [5, 5.41) is 9.83. The van der Waals surface area contributed by atoms with Crippen LogP contribution in [-0.2, 0) is 42.2 Å². The number of aliphatic hydroxyl groups excluding tert-OH is 1. The minimum absolute atomic E-state index is 0.0978. The fourth-order valence-electron chi connectivity index (χ4n) is 8.30. The molecule has 0 aromatic rings. The predicted octanol–water partition coefficient (Wildman–Crippen LogP) is 18.8. The molecule has 11 nitrogen and oxygen atoms in total. The second-order valence-corrected chi connectivity index (χ2v) is 21.9. The first-order valence-electron chi connectivity index (χ1n) is 31.1. The third-order valence-electron chi connectivity index (χ3n) is 13.0. The molecule has 0 aliphatic heterocycles. The van der Waals surface area contributed by atoms with Gasteiger partial charge in [0, 0.05) is 19.3 Å². The average molecular weight is 1110 g/mol. The maximum Gasteiger partial charge on any atom is 0.472 e. The fraction of sp³-hybridized carbons (Fsp3) is 0.712. The highest BCUT2D eigenvalue weighted by Crippen LogP contribution is 2.43. The number of hydrogen-bond donors (Lipinski definition) is 2. The van der Waals surface area contributed by atoms with Crippen LogP contribution >= 0.6 is 7.82 Å². The molecule has 0 fully saturated rings. The van der Waals surface area contributed by atoms with Crippen LogP contribution in [0.25, 0.3) is 0 Å². The Morgan fingerprint density at radius 3 is 1.10 bits per heavy atom. The largest absolute Gasteiger partial charge is 0.472 e. The molecule has 0 radical (unpaired) electrons. The predicted molar refractivity (Wildman–Crippen MR) is 325 cm³/mol. The van der Waals surface area contributed by atoms with Crippen LogP contribution in [-0.4, -0.2) is 66.5 Å². The van der Waals surface area contributed by atoms with E-state index in [1.807, 2.05) is 12.2 Å². The second kappa shape index (κ2) is 59.5. The summed E-state index contributed by atoms with van der Waals surface area (Å²) >= 11 is 0. The second-order valence-electron chi connectivity index (χ2n) is 20.5. The van der Waals surface area contributed by atoms with Gasteiger partial charge in [0.2, 0.25) is 0 Å². The Balaban J connectivity index is 4.82. The van der Waals surface area contributed by atoms with Gasteiger partial charge in [-0.05, 0) is 89.9 Å². The van der Waals surface area contributed by atoms with Crippen LogP contribution < -0.4 is 0 Å². The lowest BCUT2D eigenvalue weighted by Crippen LogP contribution is -2.30. The molecule has 0 bridgehead atoms. The van der Waals surface area contributed by atoms with E-state index in [1.165, 1.54) is 109 Å². The van der Waals surface area contributed by atoms with Gasteiger partial charge in [0.05, 0.1) is 19.8 Å². The van der Waals surface area contributed by atoms with Gasteiger partial charge in [0.15, 0.2) is 6.10 Å². The normalized spacial score (nSPS) is 14.0. The Bertz CT molecular complexity index is 1680. The topological polar surface area (TPSA) is 155 Å². The smallest absolute Gasteiger partial charge is 0.462 e. The van der Waals surface area contributed by atoms with Gasteiger partial charge in [-0.2, -0.15) is 0 Å². The molecular formula is C66H113O11P. The van der Waals surface area contributed by atoms with Gasteiger partial charge < -0.3 is 24.2 Å². The van der Waals surface area contributed by atoms with Crippen LogP contribution in [0.15, 0.2) is 97.2 Å². The highest BCUT2D eigenvalue weighted by Gasteiger charge is 2.28. The van der Waals surface area contributed by atoms with Crippen LogP contribution in [0.3, 0.4) is 0 Å². The SMILES string of the molecule is CC/C=C\C/C=C\C/C=C\C/C=C\C/C=C\C/C=C\CCC(=O)OCC(COP(=O)(O)OCC(CO)OC(=O)CCCCCCCCCCCCCCC)OC(=O)CCCCCCCCCCC/C=C\C/C=C\CCCCC. The van der Waals surface area contributed by atoms with Gasteiger partial charge in [0.25, 0.3) is 0 Å². The highest BCUT2D eigenvalue weighted by molar-refractivity contribution is 7.47. The zero-order valence-electron chi connectivity index (χ0n) is 49.6. The Labute approximate surface area is 476 Å². The van der Waals surface area contributed by atoms with E-state index >= 15 is 0 Å². The summed E-state index contributed by atoms with van der Waals surface area (Å²) in [4.78, 5) is 48.6. The number of unbranched alkanes of at least 4 members (excludes halogenated alkanes) is 24. The van der Waals surface area contributed by atoms with Crippen molar-refractivity contribution in [3.63, 3.8) is 0 Å². The molecule has 3 unspecified atom stereocenters. The van der Waals surface area contributed by atoms with Gasteiger partial charge >= 0.3 is 25.7 Å². The van der Waals surface area contributed by atoms with Crippen molar-refractivity contribution in [2.24, 2.45) is 0 Å². The number of ether oxygens (including phenoxy) is 3. The highest BCUT2D eigenvalue weighted by atomic mass is 31.2. The standard InChI is InChI=1S/C66H113O11P/c1-4-7-10-13-16-19-22-25-27-29-31-33-35-38-40-43-46-49-52-55-64(68)73-59-63(77-66(70)57-54-51-48-45-42-39-36-34-32-30-28-26-23-20-17-14-11-8-5-2)61-75-78(71,72)74-60-62(58-67)76-65(69)56-53-50-47-44-41-37-24-21-18-15-12-9-6-3/h7,10,16-17,19-20,25-28,31,33,38,40,46,49,62-63,67H,4-6,8-9,11-15,18,21-24,29-30,32,34-37,39,41-45,47-48,50-61H2,1-3H3,(H,71,72)/b10-7-,19-16-,20-17-,27-25-,28-26-,33-31-,40-38-,49-46-. The van der Waals surface area contributed by atoms with E-state index < -0.39 is 57.8 Å². The maximum atomic E-state index is 12.9. The van der Waals surface area contributed by atoms with E-state index in [1.54, 1.807) is 0 Å². The Kier molecular flexibility index (Phi) is 56.8. The molecule has 0 aromatic heterocycles. The van der Waals surface area contributed by atoms with Gasteiger partial charge in [0.1, 0.15) is 12.7 Å². The number of phosphoric ester groups is 1. The molecule has 0 aromatic carbocycles. The maximum absolute atomic E-state index is 12.9. The number of hydrogen-bond acceptors (Lipinski definition) is 10. The zero-order chi connectivity index (χ0) is 56.9. The first-order chi connectivity index (χ1) is 38.2. The third-order valence-corrected chi connectivity index (χ3v) is 14.0. The van der Waals surface area contributed by atoms with E-state index in [0.29, 0.717) is 19.3 Å². The monoisotopic (exact) mass is 1110 g/mol. The van der Waals surface area contributed by atoms with Crippen molar-refractivity contribution < 1.29 is 52.2 Å². The van der Waals surface area contributed by atoms with Gasteiger partial charge in [-0.15, -0.1) is 0 Å². The van der Waals surface area contributed by atoms with E-state index in [9.17, 15) is 28.9 Å². The summed E-state index contributed by atoms with van der Waals surface area (Å²) in [6.45, 7) is 4.44. The van der Waals surface area contributed by atoms with Crippen LogP contribution in [0.1, 0.15) is 265 Å². The number of allylic oxidation sites excluding steroid dienone is 16. The quantitative estimate of drug-likeness (QED) is 0.0197. The zero-order valence-corrected chi connectivity index (χ0v) is 50.5. The number of rotatable bonds is 57.